The van der Waals surface area contributed by atoms with Crippen molar-refractivity contribution in [3.05, 3.63) is 64.1 Å². The van der Waals surface area contributed by atoms with Crippen LogP contribution in [0.25, 0.3) is 0 Å². The number of aliphatic hydroxyl groups is 1. The van der Waals surface area contributed by atoms with Crippen molar-refractivity contribution in [3.8, 4) is 5.75 Å². The highest BCUT2D eigenvalue weighted by Crippen LogP contribution is 2.31. The molecule has 100 valence electrons. The minimum atomic E-state index is -2.92. The smallest absolute Gasteiger partial charge is 0.387 e. The van der Waals surface area contributed by atoms with Crippen molar-refractivity contribution in [2.75, 3.05) is 0 Å². The van der Waals surface area contributed by atoms with Crippen molar-refractivity contribution >= 4 is 15.9 Å². The molecular weight excluding hydrogens is 318 g/mol. The number of benzene rings is 2. The summed E-state index contributed by atoms with van der Waals surface area (Å²) in [5, 5.41) is 10.2. The van der Waals surface area contributed by atoms with Crippen molar-refractivity contribution in [1.82, 2.24) is 0 Å². The SMILES string of the molecule is OC(c1ccc(Br)cc1)c1ccccc1OC(F)F. The quantitative estimate of drug-likeness (QED) is 0.914. The summed E-state index contributed by atoms with van der Waals surface area (Å²) in [4.78, 5) is 0. The molecule has 0 aliphatic rings. The lowest BCUT2D eigenvalue weighted by Gasteiger charge is -2.16. The predicted octanol–water partition coefficient (Wildman–Crippen LogP) is 4.13. The van der Waals surface area contributed by atoms with Gasteiger partial charge in [0.1, 0.15) is 11.9 Å². The monoisotopic (exact) mass is 328 g/mol. The van der Waals surface area contributed by atoms with Crippen LogP contribution in [0.4, 0.5) is 8.78 Å². The Balaban J connectivity index is 2.32. The van der Waals surface area contributed by atoms with Crippen molar-refractivity contribution in [2.24, 2.45) is 0 Å². The van der Waals surface area contributed by atoms with Gasteiger partial charge in [0.25, 0.3) is 0 Å². The van der Waals surface area contributed by atoms with E-state index in [1.54, 1.807) is 42.5 Å². The van der Waals surface area contributed by atoms with Crippen LogP contribution in [0.2, 0.25) is 0 Å². The molecule has 0 amide bonds. The molecule has 0 spiro atoms. The molecule has 2 aromatic rings. The number of ether oxygens (including phenoxy) is 1. The molecule has 2 rings (SSSR count). The van der Waals surface area contributed by atoms with E-state index in [-0.39, 0.29) is 5.75 Å². The number of aliphatic hydroxyl groups excluding tert-OH is 1. The zero-order valence-corrected chi connectivity index (χ0v) is 11.3. The van der Waals surface area contributed by atoms with Gasteiger partial charge in [-0.05, 0) is 23.8 Å². The molecule has 0 aliphatic carbocycles. The largest absolute Gasteiger partial charge is 0.434 e. The fourth-order valence-corrected chi connectivity index (χ4v) is 2.00. The molecule has 0 radical (unpaired) electrons. The number of para-hydroxylation sites is 1. The van der Waals surface area contributed by atoms with Crippen molar-refractivity contribution in [1.29, 1.82) is 0 Å². The van der Waals surface area contributed by atoms with Gasteiger partial charge in [-0.3, -0.25) is 0 Å². The summed E-state index contributed by atoms with van der Waals surface area (Å²) < 4.78 is 29.9. The van der Waals surface area contributed by atoms with Crippen LogP contribution in [0, 0.1) is 0 Å². The Hall–Kier alpha value is -1.46. The predicted molar refractivity (Wildman–Crippen MR) is 71.3 cm³/mol. The maximum absolute atomic E-state index is 12.3. The molecule has 0 bridgehead atoms. The Morgan fingerprint density at radius 1 is 1.00 bits per heavy atom. The molecule has 19 heavy (non-hydrogen) atoms. The Labute approximate surface area is 117 Å². The van der Waals surface area contributed by atoms with Gasteiger partial charge in [0.05, 0.1) is 0 Å². The molecule has 0 heterocycles. The maximum atomic E-state index is 12.3. The molecule has 0 fully saturated rings. The summed E-state index contributed by atoms with van der Waals surface area (Å²) in [5.74, 6) is -0.0204. The van der Waals surface area contributed by atoms with Crippen LogP contribution in [-0.4, -0.2) is 11.7 Å². The molecule has 1 unspecified atom stereocenters. The summed E-state index contributed by atoms with van der Waals surface area (Å²) in [5.41, 5.74) is 0.915. The average Bonchev–Trinajstić information content (AvgIpc) is 2.39. The molecule has 0 saturated carbocycles. The van der Waals surface area contributed by atoms with Gasteiger partial charge in [-0.1, -0.05) is 46.3 Å². The second-order valence-electron chi connectivity index (χ2n) is 3.87. The number of rotatable bonds is 4. The molecule has 1 N–H and O–H groups in total. The van der Waals surface area contributed by atoms with Crippen LogP contribution >= 0.6 is 15.9 Å². The fraction of sp³-hybridized carbons (Fsp3) is 0.143. The third kappa shape index (κ3) is 3.52. The zero-order valence-electron chi connectivity index (χ0n) is 9.76. The average molecular weight is 329 g/mol. The van der Waals surface area contributed by atoms with E-state index < -0.39 is 12.7 Å². The Morgan fingerprint density at radius 3 is 2.26 bits per heavy atom. The lowest BCUT2D eigenvalue weighted by atomic mass is 10.0. The number of hydrogen-bond donors (Lipinski definition) is 1. The standard InChI is InChI=1S/C14H11BrF2O2/c15-10-7-5-9(6-8-10)13(18)11-3-1-2-4-12(11)19-14(16)17/h1-8,13-14,18H. The van der Waals surface area contributed by atoms with E-state index in [9.17, 15) is 13.9 Å². The van der Waals surface area contributed by atoms with Crippen LogP contribution in [0.15, 0.2) is 53.0 Å². The lowest BCUT2D eigenvalue weighted by Crippen LogP contribution is -2.07. The van der Waals surface area contributed by atoms with E-state index in [1.807, 2.05) is 0 Å². The topological polar surface area (TPSA) is 29.5 Å². The Morgan fingerprint density at radius 2 is 1.63 bits per heavy atom. The van der Waals surface area contributed by atoms with E-state index in [0.717, 1.165) is 4.47 Å². The van der Waals surface area contributed by atoms with Crippen LogP contribution < -0.4 is 4.74 Å². The van der Waals surface area contributed by atoms with Crippen LogP contribution in [0.5, 0.6) is 5.75 Å². The van der Waals surface area contributed by atoms with Crippen LogP contribution in [-0.2, 0) is 0 Å². The van der Waals surface area contributed by atoms with Crippen molar-refractivity contribution in [2.45, 2.75) is 12.7 Å². The van der Waals surface area contributed by atoms with Gasteiger partial charge in [-0.25, -0.2) is 0 Å². The van der Waals surface area contributed by atoms with Crippen LogP contribution in [0.3, 0.4) is 0 Å². The van der Waals surface area contributed by atoms with Gasteiger partial charge in [0.15, 0.2) is 0 Å². The minimum absolute atomic E-state index is 0.0204. The highest BCUT2D eigenvalue weighted by molar-refractivity contribution is 9.10. The first-order chi connectivity index (χ1) is 9.08. The minimum Gasteiger partial charge on any atom is -0.434 e. The van der Waals surface area contributed by atoms with E-state index in [2.05, 4.69) is 20.7 Å². The summed E-state index contributed by atoms with van der Waals surface area (Å²) in [6, 6.07) is 13.2. The maximum Gasteiger partial charge on any atom is 0.387 e. The van der Waals surface area contributed by atoms with Gasteiger partial charge in [-0.2, -0.15) is 8.78 Å². The van der Waals surface area contributed by atoms with Crippen molar-refractivity contribution in [3.63, 3.8) is 0 Å². The number of halogens is 3. The van der Waals surface area contributed by atoms with Gasteiger partial charge in [0, 0.05) is 10.0 Å². The summed E-state index contributed by atoms with van der Waals surface area (Å²) >= 11 is 3.29. The first kappa shape index (κ1) is 14.0. The summed E-state index contributed by atoms with van der Waals surface area (Å²) in [7, 11) is 0. The number of hydrogen-bond acceptors (Lipinski definition) is 2. The van der Waals surface area contributed by atoms with E-state index in [4.69, 9.17) is 0 Å². The van der Waals surface area contributed by atoms with Gasteiger partial charge in [0.2, 0.25) is 0 Å². The summed E-state index contributed by atoms with van der Waals surface area (Å²) in [6.07, 6.45) is -1.01. The normalized spacial score (nSPS) is 12.5. The van der Waals surface area contributed by atoms with Gasteiger partial charge >= 0.3 is 6.61 Å². The zero-order chi connectivity index (χ0) is 13.8. The molecule has 0 aromatic heterocycles. The molecule has 0 aliphatic heterocycles. The fourth-order valence-electron chi connectivity index (χ4n) is 1.73. The van der Waals surface area contributed by atoms with E-state index >= 15 is 0 Å². The lowest BCUT2D eigenvalue weighted by molar-refractivity contribution is -0.0512. The highest BCUT2D eigenvalue weighted by atomic mass is 79.9. The first-order valence-corrected chi connectivity index (χ1v) is 6.34. The third-order valence-corrected chi connectivity index (χ3v) is 3.14. The van der Waals surface area contributed by atoms with E-state index in [0.29, 0.717) is 11.1 Å². The van der Waals surface area contributed by atoms with Crippen LogP contribution in [0.1, 0.15) is 17.2 Å². The van der Waals surface area contributed by atoms with Gasteiger partial charge in [-0.15, -0.1) is 0 Å². The first-order valence-electron chi connectivity index (χ1n) is 5.55. The second kappa shape index (κ2) is 6.12. The second-order valence-corrected chi connectivity index (χ2v) is 4.79. The highest BCUT2D eigenvalue weighted by Gasteiger charge is 2.17. The Bertz CT molecular complexity index is 543. The third-order valence-electron chi connectivity index (χ3n) is 2.62. The van der Waals surface area contributed by atoms with E-state index in [1.165, 1.54) is 6.07 Å². The molecule has 5 heteroatoms. The summed E-state index contributed by atoms with van der Waals surface area (Å²) in [6.45, 7) is -2.92. The van der Waals surface area contributed by atoms with Gasteiger partial charge < -0.3 is 9.84 Å². The van der Waals surface area contributed by atoms with Crippen molar-refractivity contribution < 1.29 is 18.6 Å². The number of alkyl halides is 2. The molecule has 2 nitrogen and oxygen atoms in total. The molecule has 0 saturated heterocycles. The molecular formula is C14H11BrF2O2. The Kier molecular flexibility index (Phi) is 4.50. The molecule has 2 aromatic carbocycles. The molecule has 1 atom stereocenters.